The van der Waals surface area contributed by atoms with Crippen LogP contribution in [0.15, 0.2) is 24.3 Å². The van der Waals surface area contributed by atoms with Crippen molar-refractivity contribution < 1.29 is 0 Å². The van der Waals surface area contributed by atoms with Gasteiger partial charge in [-0.3, -0.25) is 0 Å². The number of halogens is 1. The molecule has 1 fully saturated rings. The summed E-state index contributed by atoms with van der Waals surface area (Å²) in [7, 11) is 0. The highest BCUT2D eigenvalue weighted by Gasteiger charge is 2.22. The largest absolute Gasteiger partial charge is 0.324 e. The van der Waals surface area contributed by atoms with Crippen LogP contribution in [0.1, 0.15) is 18.0 Å². The van der Waals surface area contributed by atoms with Crippen molar-refractivity contribution in [2.24, 2.45) is 11.7 Å². The summed E-state index contributed by atoms with van der Waals surface area (Å²) in [5.74, 6) is 0.566. The standard InChI is InChI=1S/C11H15ClN2/c12-10-3-1-8(2-4-10)11(13)9-5-6-14-7-9/h1-4,9,11,14H,5-7,13H2. The average Bonchev–Trinajstić information content (AvgIpc) is 2.71. The molecule has 2 rings (SSSR count). The number of benzene rings is 1. The predicted molar refractivity (Wildman–Crippen MR) is 59.4 cm³/mol. The Morgan fingerprint density at radius 3 is 2.64 bits per heavy atom. The second kappa shape index (κ2) is 4.30. The van der Waals surface area contributed by atoms with E-state index >= 15 is 0 Å². The zero-order valence-electron chi connectivity index (χ0n) is 8.04. The Bertz CT molecular complexity index is 291. The van der Waals surface area contributed by atoms with Gasteiger partial charge < -0.3 is 11.1 Å². The van der Waals surface area contributed by atoms with Crippen molar-refractivity contribution in [3.8, 4) is 0 Å². The topological polar surface area (TPSA) is 38.0 Å². The normalized spacial score (nSPS) is 23.7. The number of rotatable bonds is 2. The first kappa shape index (κ1) is 9.97. The summed E-state index contributed by atoms with van der Waals surface area (Å²) in [6.07, 6.45) is 1.17. The predicted octanol–water partition coefficient (Wildman–Crippen LogP) is 1.95. The summed E-state index contributed by atoms with van der Waals surface area (Å²) in [6, 6.07) is 7.98. The molecule has 1 aliphatic heterocycles. The van der Waals surface area contributed by atoms with E-state index in [9.17, 15) is 0 Å². The Kier molecular flexibility index (Phi) is 3.06. The Balaban J connectivity index is 2.09. The quantitative estimate of drug-likeness (QED) is 0.783. The molecule has 0 aliphatic carbocycles. The van der Waals surface area contributed by atoms with Gasteiger partial charge in [0.2, 0.25) is 0 Å². The highest BCUT2D eigenvalue weighted by molar-refractivity contribution is 6.30. The molecule has 2 unspecified atom stereocenters. The third-order valence-electron chi connectivity index (χ3n) is 2.86. The molecule has 76 valence electrons. The van der Waals surface area contributed by atoms with Crippen molar-refractivity contribution in [3.05, 3.63) is 34.9 Å². The van der Waals surface area contributed by atoms with Gasteiger partial charge in [0.25, 0.3) is 0 Å². The summed E-state index contributed by atoms with van der Waals surface area (Å²) in [6.45, 7) is 2.12. The van der Waals surface area contributed by atoms with Crippen LogP contribution in [0, 0.1) is 5.92 Å². The molecule has 0 radical (unpaired) electrons. The van der Waals surface area contributed by atoms with Crippen LogP contribution in [0.4, 0.5) is 0 Å². The molecule has 2 atom stereocenters. The SMILES string of the molecule is NC(c1ccc(Cl)cc1)C1CCNC1. The van der Waals surface area contributed by atoms with Gasteiger partial charge in [0.1, 0.15) is 0 Å². The fourth-order valence-electron chi connectivity index (χ4n) is 1.94. The van der Waals surface area contributed by atoms with Crippen LogP contribution in [-0.4, -0.2) is 13.1 Å². The molecule has 0 bridgehead atoms. The van der Waals surface area contributed by atoms with E-state index in [0.29, 0.717) is 5.92 Å². The number of hydrogen-bond acceptors (Lipinski definition) is 2. The minimum absolute atomic E-state index is 0.141. The van der Waals surface area contributed by atoms with E-state index in [2.05, 4.69) is 5.32 Å². The van der Waals surface area contributed by atoms with E-state index in [1.807, 2.05) is 24.3 Å². The van der Waals surface area contributed by atoms with Gasteiger partial charge >= 0.3 is 0 Å². The maximum atomic E-state index is 6.17. The summed E-state index contributed by atoms with van der Waals surface area (Å²) < 4.78 is 0. The van der Waals surface area contributed by atoms with Gasteiger partial charge in [0.15, 0.2) is 0 Å². The summed E-state index contributed by atoms with van der Waals surface area (Å²) in [4.78, 5) is 0. The van der Waals surface area contributed by atoms with Crippen molar-refractivity contribution in [1.82, 2.24) is 5.32 Å². The Morgan fingerprint density at radius 2 is 2.07 bits per heavy atom. The molecule has 1 heterocycles. The maximum absolute atomic E-state index is 6.17. The Morgan fingerprint density at radius 1 is 1.36 bits per heavy atom. The van der Waals surface area contributed by atoms with Crippen molar-refractivity contribution >= 4 is 11.6 Å². The minimum Gasteiger partial charge on any atom is -0.324 e. The van der Waals surface area contributed by atoms with E-state index in [1.165, 1.54) is 12.0 Å². The molecule has 0 saturated carbocycles. The van der Waals surface area contributed by atoms with Crippen LogP contribution in [0.5, 0.6) is 0 Å². The fourth-order valence-corrected chi connectivity index (χ4v) is 2.07. The van der Waals surface area contributed by atoms with Gasteiger partial charge in [-0.25, -0.2) is 0 Å². The fraction of sp³-hybridized carbons (Fsp3) is 0.455. The van der Waals surface area contributed by atoms with Crippen LogP contribution >= 0.6 is 11.6 Å². The summed E-state index contributed by atoms with van der Waals surface area (Å²) >= 11 is 5.82. The molecule has 2 nitrogen and oxygen atoms in total. The molecule has 1 aromatic rings. The van der Waals surface area contributed by atoms with E-state index < -0.39 is 0 Å². The third-order valence-corrected chi connectivity index (χ3v) is 3.11. The van der Waals surface area contributed by atoms with Gasteiger partial charge in [-0.05, 0) is 43.1 Å². The van der Waals surface area contributed by atoms with Crippen LogP contribution in [-0.2, 0) is 0 Å². The lowest BCUT2D eigenvalue weighted by Gasteiger charge is -2.18. The van der Waals surface area contributed by atoms with Gasteiger partial charge in [-0.1, -0.05) is 23.7 Å². The van der Waals surface area contributed by atoms with E-state index in [0.717, 1.165) is 18.1 Å². The first-order chi connectivity index (χ1) is 6.77. The molecule has 0 amide bonds. The number of hydrogen-bond donors (Lipinski definition) is 2. The maximum Gasteiger partial charge on any atom is 0.0406 e. The highest BCUT2D eigenvalue weighted by atomic mass is 35.5. The molecule has 1 aliphatic rings. The van der Waals surface area contributed by atoms with Gasteiger partial charge in [-0.15, -0.1) is 0 Å². The molecule has 1 aromatic carbocycles. The van der Waals surface area contributed by atoms with E-state index in [1.54, 1.807) is 0 Å². The lowest BCUT2D eigenvalue weighted by atomic mass is 9.93. The van der Waals surface area contributed by atoms with Crippen molar-refractivity contribution in [3.63, 3.8) is 0 Å². The third kappa shape index (κ3) is 2.08. The highest BCUT2D eigenvalue weighted by Crippen LogP contribution is 2.25. The average molecular weight is 211 g/mol. The van der Waals surface area contributed by atoms with Crippen LogP contribution in [0.25, 0.3) is 0 Å². The molecule has 0 spiro atoms. The van der Waals surface area contributed by atoms with E-state index in [-0.39, 0.29) is 6.04 Å². The zero-order valence-corrected chi connectivity index (χ0v) is 8.80. The molecule has 3 N–H and O–H groups in total. The second-order valence-corrected chi connectivity index (χ2v) is 4.27. The molecule has 3 heteroatoms. The monoisotopic (exact) mass is 210 g/mol. The lowest BCUT2D eigenvalue weighted by Crippen LogP contribution is -2.23. The summed E-state index contributed by atoms with van der Waals surface area (Å²) in [5.41, 5.74) is 7.35. The van der Waals surface area contributed by atoms with Gasteiger partial charge in [0.05, 0.1) is 0 Å². The second-order valence-electron chi connectivity index (χ2n) is 3.83. The minimum atomic E-state index is 0.141. The number of nitrogens with two attached hydrogens (primary N) is 1. The molecule has 14 heavy (non-hydrogen) atoms. The van der Waals surface area contributed by atoms with Crippen LogP contribution < -0.4 is 11.1 Å². The van der Waals surface area contributed by atoms with Crippen LogP contribution in [0.2, 0.25) is 5.02 Å². The smallest absolute Gasteiger partial charge is 0.0406 e. The molecular formula is C11H15ClN2. The number of nitrogens with one attached hydrogen (secondary N) is 1. The van der Waals surface area contributed by atoms with Crippen LogP contribution in [0.3, 0.4) is 0 Å². The first-order valence-electron chi connectivity index (χ1n) is 4.99. The molecule has 0 aromatic heterocycles. The lowest BCUT2D eigenvalue weighted by molar-refractivity contribution is 0.470. The van der Waals surface area contributed by atoms with Crippen molar-refractivity contribution in [2.75, 3.05) is 13.1 Å². The van der Waals surface area contributed by atoms with Crippen molar-refractivity contribution in [2.45, 2.75) is 12.5 Å². The van der Waals surface area contributed by atoms with Gasteiger partial charge in [-0.2, -0.15) is 0 Å². The Labute approximate surface area is 89.4 Å². The van der Waals surface area contributed by atoms with Gasteiger partial charge in [0, 0.05) is 11.1 Å². The van der Waals surface area contributed by atoms with E-state index in [4.69, 9.17) is 17.3 Å². The first-order valence-corrected chi connectivity index (χ1v) is 5.37. The Hall–Kier alpha value is -0.570. The molecule has 1 saturated heterocycles. The summed E-state index contributed by atoms with van der Waals surface area (Å²) in [5, 5.41) is 4.10. The molecular weight excluding hydrogens is 196 g/mol. The van der Waals surface area contributed by atoms with Crippen molar-refractivity contribution in [1.29, 1.82) is 0 Å². The zero-order chi connectivity index (χ0) is 9.97.